The number of benzene rings is 1. The summed E-state index contributed by atoms with van der Waals surface area (Å²) in [5.74, 6) is 1.69. The number of rotatable bonds is 3. The number of allylic oxidation sites excluding steroid dienone is 2. The highest BCUT2D eigenvalue weighted by Crippen LogP contribution is 2.17. The Morgan fingerprint density at radius 1 is 1.36 bits per heavy atom. The van der Waals surface area contributed by atoms with Crippen molar-refractivity contribution < 1.29 is 4.74 Å². The highest BCUT2D eigenvalue weighted by molar-refractivity contribution is 5.31. The summed E-state index contributed by atoms with van der Waals surface area (Å²) >= 11 is 0. The second-order valence-electron chi connectivity index (χ2n) is 3.49. The molecule has 0 amide bonds. The van der Waals surface area contributed by atoms with Gasteiger partial charge in [-0.05, 0) is 50.1 Å². The van der Waals surface area contributed by atoms with Crippen molar-refractivity contribution in [2.24, 2.45) is 0 Å². The number of ether oxygens (including phenoxy) is 1. The number of hydrogen-bond donors (Lipinski definition) is 0. The smallest absolute Gasteiger partial charge is 0.127 e. The molecule has 1 aromatic carbocycles. The predicted octanol–water partition coefficient (Wildman–Crippen LogP) is 3.85. The van der Waals surface area contributed by atoms with Crippen LogP contribution in [0.25, 0.3) is 0 Å². The Morgan fingerprint density at radius 3 is 2.57 bits per heavy atom. The lowest BCUT2D eigenvalue weighted by Crippen LogP contribution is -1.94. The topological polar surface area (TPSA) is 9.23 Å². The molecule has 0 N–H and O–H groups in total. The number of aryl methyl sites for hydroxylation is 1. The SMILES string of the molecule is C=CC(Oc1cccc(C)c1)=C(C)C. The van der Waals surface area contributed by atoms with E-state index in [0.29, 0.717) is 0 Å². The lowest BCUT2D eigenvalue weighted by Gasteiger charge is -2.08. The van der Waals surface area contributed by atoms with E-state index < -0.39 is 0 Å². The van der Waals surface area contributed by atoms with Gasteiger partial charge in [0.15, 0.2) is 0 Å². The first-order valence-electron chi connectivity index (χ1n) is 4.68. The molecule has 0 saturated heterocycles. The average molecular weight is 188 g/mol. The van der Waals surface area contributed by atoms with Gasteiger partial charge in [-0.1, -0.05) is 18.7 Å². The van der Waals surface area contributed by atoms with Crippen LogP contribution in [0.3, 0.4) is 0 Å². The van der Waals surface area contributed by atoms with Crippen molar-refractivity contribution >= 4 is 0 Å². The lowest BCUT2D eigenvalue weighted by molar-refractivity contribution is 0.438. The maximum absolute atomic E-state index is 5.67. The van der Waals surface area contributed by atoms with E-state index in [4.69, 9.17) is 4.74 Å². The average Bonchev–Trinajstić information content (AvgIpc) is 2.14. The molecule has 0 heterocycles. The molecule has 0 atom stereocenters. The van der Waals surface area contributed by atoms with Crippen LogP contribution in [0.1, 0.15) is 19.4 Å². The second kappa shape index (κ2) is 4.66. The Kier molecular flexibility index (Phi) is 3.52. The van der Waals surface area contributed by atoms with Crippen LogP contribution in [0, 0.1) is 6.92 Å². The monoisotopic (exact) mass is 188 g/mol. The maximum atomic E-state index is 5.67. The van der Waals surface area contributed by atoms with E-state index in [9.17, 15) is 0 Å². The van der Waals surface area contributed by atoms with E-state index in [1.54, 1.807) is 6.08 Å². The molecule has 1 nitrogen and oxygen atoms in total. The minimum Gasteiger partial charge on any atom is -0.457 e. The summed E-state index contributed by atoms with van der Waals surface area (Å²) in [5, 5.41) is 0. The van der Waals surface area contributed by atoms with E-state index in [1.807, 2.05) is 45.0 Å². The summed E-state index contributed by atoms with van der Waals surface area (Å²) in [6, 6.07) is 7.98. The van der Waals surface area contributed by atoms with Crippen LogP contribution in [-0.2, 0) is 0 Å². The summed E-state index contributed by atoms with van der Waals surface area (Å²) in [4.78, 5) is 0. The van der Waals surface area contributed by atoms with Crippen LogP contribution in [0.5, 0.6) is 5.75 Å². The van der Waals surface area contributed by atoms with Crippen LogP contribution in [0.4, 0.5) is 0 Å². The molecule has 0 saturated carbocycles. The molecule has 0 aromatic heterocycles. The molecule has 0 bridgehead atoms. The number of hydrogen-bond acceptors (Lipinski definition) is 1. The van der Waals surface area contributed by atoms with Gasteiger partial charge in [0.1, 0.15) is 11.5 Å². The van der Waals surface area contributed by atoms with Gasteiger partial charge < -0.3 is 4.74 Å². The third-order valence-corrected chi connectivity index (χ3v) is 1.90. The van der Waals surface area contributed by atoms with Crippen molar-refractivity contribution in [1.29, 1.82) is 0 Å². The van der Waals surface area contributed by atoms with E-state index >= 15 is 0 Å². The third-order valence-electron chi connectivity index (χ3n) is 1.90. The van der Waals surface area contributed by atoms with Gasteiger partial charge in [-0.3, -0.25) is 0 Å². The zero-order valence-electron chi connectivity index (χ0n) is 9.00. The van der Waals surface area contributed by atoms with E-state index in [0.717, 1.165) is 17.1 Å². The quantitative estimate of drug-likeness (QED) is 0.517. The van der Waals surface area contributed by atoms with Crippen molar-refractivity contribution in [3.63, 3.8) is 0 Å². The van der Waals surface area contributed by atoms with Gasteiger partial charge in [0.05, 0.1) is 0 Å². The van der Waals surface area contributed by atoms with Gasteiger partial charge in [-0.25, -0.2) is 0 Å². The van der Waals surface area contributed by atoms with Gasteiger partial charge in [0.2, 0.25) is 0 Å². The molecule has 0 aliphatic rings. The minimum absolute atomic E-state index is 0.829. The summed E-state index contributed by atoms with van der Waals surface area (Å²) in [6.07, 6.45) is 1.73. The first kappa shape index (κ1) is 10.6. The van der Waals surface area contributed by atoms with Gasteiger partial charge >= 0.3 is 0 Å². The van der Waals surface area contributed by atoms with E-state index in [2.05, 4.69) is 6.58 Å². The first-order chi connectivity index (χ1) is 6.63. The van der Waals surface area contributed by atoms with Crippen LogP contribution < -0.4 is 4.74 Å². The molecule has 1 heteroatoms. The van der Waals surface area contributed by atoms with Gasteiger partial charge in [-0.2, -0.15) is 0 Å². The lowest BCUT2D eigenvalue weighted by atomic mass is 10.2. The third kappa shape index (κ3) is 2.77. The Hall–Kier alpha value is -1.50. The second-order valence-corrected chi connectivity index (χ2v) is 3.49. The normalized spacial score (nSPS) is 9.36. The molecule has 14 heavy (non-hydrogen) atoms. The summed E-state index contributed by atoms with van der Waals surface area (Å²) in [5.41, 5.74) is 2.32. The Labute approximate surface area is 85.7 Å². The van der Waals surface area contributed by atoms with Gasteiger partial charge in [0.25, 0.3) is 0 Å². The van der Waals surface area contributed by atoms with Gasteiger partial charge in [0, 0.05) is 0 Å². The van der Waals surface area contributed by atoms with Gasteiger partial charge in [-0.15, -0.1) is 0 Å². The van der Waals surface area contributed by atoms with Crippen molar-refractivity contribution in [3.8, 4) is 5.75 Å². The molecule has 0 aliphatic heterocycles. The Bertz CT molecular complexity index is 357. The van der Waals surface area contributed by atoms with Crippen LogP contribution >= 0.6 is 0 Å². The molecule has 0 aliphatic carbocycles. The van der Waals surface area contributed by atoms with Crippen LogP contribution in [-0.4, -0.2) is 0 Å². The van der Waals surface area contributed by atoms with Crippen molar-refractivity contribution in [2.45, 2.75) is 20.8 Å². The minimum atomic E-state index is 0.829. The zero-order chi connectivity index (χ0) is 10.6. The molecule has 0 radical (unpaired) electrons. The molecule has 0 unspecified atom stereocenters. The fourth-order valence-corrected chi connectivity index (χ4v) is 1.15. The first-order valence-corrected chi connectivity index (χ1v) is 4.68. The predicted molar refractivity (Wildman–Crippen MR) is 60.4 cm³/mol. The van der Waals surface area contributed by atoms with Crippen molar-refractivity contribution in [3.05, 3.63) is 53.8 Å². The highest BCUT2D eigenvalue weighted by atomic mass is 16.5. The standard InChI is InChI=1S/C13H16O/c1-5-13(10(2)3)14-12-8-6-7-11(4)9-12/h5-9H,1H2,2-4H3. The summed E-state index contributed by atoms with van der Waals surface area (Å²) < 4.78 is 5.67. The molecule has 74 valence electrons. The molecular weight excluding hydrogens is 172 g/mol. The molecular formula is C13H16O. The molecule has 0 spiro atoms. The van der Waals surface area contributed by atoms with Crippen molar-refractivity contribution in [2.75, 3.05) is 0 Å². The van der Waals surface area contributed by atoms with E-state index in [1.165, 1.54) is 5.56 Å². The summed E-state index contributed by atoms with van der Waals surface area (Å²) in [6.45, 7) is 9.78. The summed E-state index contributed by atoms with van der Waals surface area (Å²) in [7, 11) is 0. The highest BCUT2D eigenvalue weighted by Gasteiger charge is 1.98. The molecule has 0 fully saturated rings. The fourth-order valence-electron chi connectivity index (χ4n) is 1.15. The Morgan fingerprint density at radius 2 is 2.07 bits per heavy atom. The largest absolute Gasteiger partial charge is 0.457 e. The molecule has 1 aromatic rings. The van der Waals surface area contributed by atoms with Crippen molar-refractivity contribution in [1.82, 2.24) is 0 Å². The van der Waals surface area contributed by atoms with E-state index in [-0.39, 0.29) is 0 Å². The molecule has 1 rings (SSSR count). The van der Waals surface area contributed by atoms with Crippen LogP contribution in [0.15, 0.2) is 48.3 Å². The fraction of sp³-hybridized carbons (Fsp3) is 0.231. The Balaban J connectivity index is 2.88. The zero-order valence-corrected chi connectivity index (χ0v) is 9.00. The maximum Gasteiger partial charge on any atom is 0.127 e. The van der Waals surface area contributed by atoms with Crippen LogP contribution in [0.2, 0.25) is 0 Å².